The van der Waals surface area contributed by atoms with E-state index in [0.29, 0.717) is 0 Å². The molecule has 0 saturated heterocycles. The largest absolute Gasteiger partial charge is 0.452 e. The summed E-state index contributed by atoms with van der Waals surface area (Å²) < 4.78 is 30.7. The van der Waals surface area contributed by atoms with E-state index in [2.05, 4.69) is 5.32 Å². The number of carbonyl (C=O) groups excluding carboxylic acids is 1. The van der Waals surface area contributed by atoms with Gasteiger partial charge in [0.05, 0.1) is 11.8 Å². The third-order valence-corrected chi connectivity index (χ3v) is 2.61. The molecule has 6 heteroatoms. The molecule has 1 aromatic heterocycles. The summed E-state index contributed by atoms with van der Waals surface area (Å²) >= 11 is 5.62. The van der Waals surface area contributed by atoms with Crippen molar-refractivity contribution in [1.29, 1.82) is 0 Å². The van der Waals surface area contributed by atoms with E-state index < -0.39 is 17.5 Å². The zero-order valence-electron chi connectivity index (χ0n) is 9.04. The van der Waals surface area contributed by atoms with Crippen LogP contribution in [0.3, 0.4) is 0 Å². The first-order chi connectivity index (χ1) is 8.58. The minimum Gasteiger partial charge on any atom is -0.452 e. The molecule has 0 bridgehead atoms. The highest BCUT2D eigenvalue weighted by molar-refractivity contribution is 6.32. The second kappa shape index (κ2) is 5.18. The van der Waals surface area contributed by atoms with Crippen molar-refractivity contribution in [2.45, 2.75) is 6.54 Å². The Hall–Kier alpha value is -1.88. The first kappa shape index (κ1) is 12.6. The molecule has 94 valence electrons. The summed E-state index contributed by atoms with van der Waals surface area (Å²) in [6.07, 6.45) is 1.27. The van der Waals surface area contributed by atoms with Crippen molar-refractivity contribution in [2.24, 2.45) is 0 Å². The molecular formula is C12H8ClF2NO2. The molecule has 0 aliphatic heterocycles. The smallest absolute Gasteiger partial charge is 0.256 e. The number of carbonyl (C=O) groups is 1. The maximum atomic E-state index is 13.3. The second-order valence-corrected chi connectivity index (χ2v) is 3.87. The highest BCUT2D eigenvalue weighted by Gasteiger charge is 2.13. The monoisotopic (exact) mass is 271 g/mol. The van der Waals surface area contributed by atoms with Gasteiger partial charge in [0.2, 0.25) is 5.22 Å². The van der Waals surface area contributed by atoms with Gasteiger partial charge in [-0.2, -0.15) is 0 Å². The summed E-state index contributed by atoms with van der Waals surface area (Å²) in [4.78, 5) is 11.6. The first-order valence-corrected chi connectivity index (χ1v) is 5.41. The quantitative estimate of drug-likeness (QED) is 0.932. The van der Waals surface area contributed by atoms with Crippen LogP contribution in [0.15, 0.2) is 34.9 Å². The van der Waals surface area contributed by atoms with Gasteiger partial charge in [-0.15, -0.1) is 0 Å². The predicted octanol–water partition coefficient (Wildman–Crippen LogP) is 3.14. The predicted molar refractivity (Wildman–Crippen MR) is 61.2 cm³/mol. The van der Waals surface area contributed by atoms with Crippen molar-refractivity contribution in [3.8, 4) is 0 Å². The number of nitrogens with one attached hydrogen (secondary N) is 1. The van der Waals surface area contributed by atoms with Gasteiger partial charge in [-0.25, -0.2) is 8.78 Å². The standard InChI is InChI=1S/C12H8ClF2NO2/c13-11-9(3-4-18-11)12(17)16-6-7-1-2-8(14)5-10(7)15/h1-5H,6H2,(H,16,17). The van der Waals surface area contributed by atoms with Crippen LogP contribution >= 0.6 is 11.6 Å². The van der Waals surface area contributed by atoms with Gasteiger partial charge in [-0.1, -0.05) is 6.07 Å². The first-order valence-electron chi connectivity index (χ1n) is 5.03. The van der Waals surface area contributed by atoms with Gasteiger partial charge in [0, 0.05) is 18.2 Å². The molecule has 3 nitrogen and oxygen atoms in total. The van der Waals surface area contributed by atoms with Gasteiger partial charge in [0.1, 0.15) is 11.6 Å². The van der Waals surface area contributed by atoms with Gasteiger partial charge in [-0.3, -0.25) is 4.79 Å². The average Bonchev–Trinajstić information content (AvgIpc) is 2.74. The lowest BCUT2D eigenvalue weighted by Crippen LogP contribution is -2.23. The third-order valence-electron chi connectivity index (χ3n) is 2.32. The van der Waals surface area contributed by atoms with Gasteiger partial charge in [0.25, 0.3) is 5.91 Å². The topological polar surface area (TPSA) is 42.2 Å². The Morgan fingerprint density at radius 2 is 2.11 bits per heavy atom. The number of rotatable bonds is 3. The van der Waals surface area contributed by atoms with Gasteiger partial charge < -0.3 is 9.73 Å². The van der Waals surface area contributed by atoms with Crippen LogP contribution in [-0.2, 0) is 6.54 Å². The van der Waals surface area contributed by atoms with Gasteiger partial charge >= 0.3 is 0 Å². The Kier molecular flexibility index (Phi) is 3.62. The van der Waals surface area contributed by atoms with E-state index >= 15 is 0 Å². The van der Waals surface area contributed by atoms with E-state index in [1.165, 1.54) is 18.4 Å². The van der Waals surface area contributed by atoms with Crippen LogP contribution in [0.5, 0.6) is 0 Å². The summed E-state index contributed by atoms with van der Waals surface area (Å²) in [6, 6.07) is 4.54. The Balaban J connectivity index is 2.04. The molecule has 1 heterocycles. The summed E-state index contributed by atoms with van der Waals surface area (Å²) in [6.45, 7) is -0.0630. The van der Waals surface area contributed by atoms with Crippen LogP contribution in [0.1, 0.15) is 15.9 Å². The van der Waals surface area contributed by atoms with Gasteiger partial charge in [-0.05, 0) is 23.7 Å². The van der Waals surface area contributed by atoms with Crippen LogP contribution in [0.25, 0.3) is 0 Å². The molecule has 0 aliphatic rings. The van der Waals surface area contributed by atoms with E-state index in [1.54, 1.807) is 0 Å². The van der Waals surface area contributed by atoms with E-state index in [-0.39, 0.29) is 22.9 Å². The summed E-state index contributed by atoms with van der Waals surface area (Å²) in [7, 11) is 0. The fourth-order valence-corrected chi connectivity index (χ4v) is 1.59. The summed E-state index contributed by atoms with van der Waals surface area (Å²) in [5.41, 5.74) is 0.351. The molecule has 2 aromatic rings. The Labute approximate surface area is 106 Å². The van der Waals surface area contributed by atoms with E-state index in [9.17, 15) is 13.6 Å². The van der Waals surface area contributed by atoms with Crippen LogP contribution in [0.4, 0.5) is 8.78 Å². The summed E-state index contributed by atoms with van der Waals surface area (Å²) in [5, 5.41) is 2.42. The van der Waals surface area contributed by atoms with Gasteiger partial charge in [0.15, 0.2) is 0 Å². The lowest BCUT2D eigenvalue weighted by Gasteiger charge is -2.05. The van der Waals surface area contributed by atoms with Crippen LogP contribution in [-0.4, -0.2) is 5.91 Å². The Bertz CT molecular complexity index is 583. The average molecular weight is 272 g/mol. The molecule has 0 radical (unpaired) electrons. The molecule has 18 heavy (non-hydrogen) atoms. The molecule has 0 aliphatic carbocycles. The minimum atomic E-state index is -0.714. The van der Waals surface area contributed by atoms with Crippen molar-refractivity contribution < 1.29 is 18.0 Å². The normalized spacial score (nSPS) is 10.4. The van der Waals surface area contributed by atoms with Crippen LogP contribution in [0.2, 0.25) is 5.22 Å². The van der Waals surface area contributed by atoms with Crippen molar-refractivity contribution >= 4 is 17.5 Å². The van der Waals surface area contributed by atoms with Crippen LogP contribution in [0, 0.1) is 11.6 Å². The third kappa shape index (κ3) is 2.68. The lowest BCUT2D eigenvalue weighted by atomic mass is 10.2. The second-order valence-electron chi connectivity index (χ2n) is 3.53. The van der Waals surface area contributed by atoms with E-state index in [4.69, 9.17) is 16.0 Å². The van der Waals surface area contributed by atoms with Crippen molar-refractivity contribution in [1.82, 2.24) is 5.32 Å². The number of hydrogen-bond acceptors (Lipinski definition) is 2. The molecule has 0 unspecified atom stereocenters. The van der Waals surface area contributed by atoms with E-state index in [0.717, 1.165) is 12.1 Å². The zero-order chi connectivity index (χ0) is 13.1. The molecule has 1 aromatic carbocycles. The fourth-order valence-electron chi connectivity index (χ4n) is 1.39. The molecule has 1 amide bonds. The molecular weight excluding hydrogens is 264 g/mol. The number of hydrogen-bond donors (Lipinski definition) is 1. The SMILES string of the molecule is O=C(NCc1ccc(F)cc1F)c1ccoc1Cl. The number of amides is 1. The molecule has 2 rings (SSSR count). The highest BCUT2D eigenvalue weighted by Crippen LogP contribution is 2.16. The molecule has 0 spiro atoms. The van der Waals surface area contributed by atoms with Crippen molar-refractivity contribution in [3.63, 3.8) is 0 Å². The number of halogens is 3. The zero-order valence-corrected chi connectivity index (χ0v) is 9.80. The summed E-state index contributed by atoms with van der Waals surface area (Å²) in [5.74, 6) is -1.87. The maximum Gasteiger partial charge on any atom is 0.256 e. The minimum absolute atomic E-state index is 0.0351. The lowest BCUT2D eigenvalue weighted by molar-refractivity contribution is 0.0950. The van der Waals surface area contributed by atoms with Crippen LogP contribution < -0.4 is 5.32 Å². The number of benzene rings is 1. The highest BCUT2D eigenvalue weighted by atomic mass is 35.5. The molecule has 0 atom stereocenters. The Morgan fingerprint density at radius 3 is 2.72 bits per heavy atom. The van der Waals surface area contributed by atoms with Crippen molar-refractivity contribution in [3.05, 3.63) is 58.5 Å². The maximum absolute atomic E-state index is 13.3. The molecule has 0 fully saturated rings. The van der Waals surface area contributed by atoms with E-state index in [1.807, 2.05) is 0 Å². The number of furan rings is 1. The fraction of sp³-hybridized carbons (Fsp3) is 0.0833. The molecule has 0 saturated carbocycles. The Morgan fingerprint density at radius 1 is 1.33 bits per heavy atom. The molecule has 1 N–H and O–H groups in total. The van der Waals surface area contributed by atoms with Crippen molar-refractivity contribution in [2.75, 3.05) is 0 Å².